The summed E-state index contributed by atoms with van der Waals surface area (Å²) in [6.07, 6.45) is 0.510. The van der Waals surface area contributed by atoms with Gasteiger partial charge >= 0.3 is 0 Å². The Morgan fingerprint density at radius 3 is 2.62 bits per heavy atom. The molecule has 1 heterocycles. The Balaban J connectivity index is 2.12. The Labute approximate surface area is 77.5 Å². The molecule has 1 aliphatic rings. The average molecular weight is 210 g/mol. The number of rotatable bonds is 5. The molecule has 0 amide bonds. The smallest absolute Gasteiger partial charge is 0.277 e. The highest BCUT2D eigenvalue weighted by Crippen LogP contribution is 2.13. The van der Waals surface area contributed by atoms with Gasteiger partial charge in [0.25, 0.3) is 10.2 Å². The number of aliphatic hydroxyl groups is 1. The van der Waals surface area contributed by atoms with Gasteiger partial charge in [-0.05, 0) is 6.42 Å². The van der Waals surface area contributed by atoms with Crippen molar-refractivity contribution in [1.82, 2.24) is 4.31 Å². The van der Waals surface area contributed by atoms with Crippen LogP contribution in [-0.2, 0) is 14.9 Å². The zero-order chi connectivity index (χ0) is 9.90. The summed E-state index contributed by atoms with van der Waals surface area (Å²) in [4.78, 5) is 0. The highest BCUT2D eigenvalue weighted by atomic mass is 32.2. The summed E-state index contributed by atoms with van der Waals surface area (Å²) in [5, 5.41) is 13.3. The number of hydrogen-bond donors (Lipinski definition) is 2. The van der Waals surface area contributed by atoms with Gasteiger partial charge < -0.3 is 9.84 Å². The molecule has 1 fully saturated rings. The van der Waals surface area contributed by atoms with Gasteiger partial charge in [0.05, 0.1) is 6.10 Å². The van der Waals surface area contributed by atoms with Crippen molar-refractivity contribution < 1.29 is 18.3 Å². The molecule has 78 valence electrons. The fourth-order valence-corrected chi connectivity index (χ4v) is 1.78. The van der Waals surface area contributed by atoms with Crippen LogP contribution in [0.5, 0.6) is 0 Å². The van der Waals surface area contributed by atoms with Crippen molar-refractivity contribution in [2.24, 2.45) is 5.14 Å². The molecule has 0 aliphatic carbocycles. The predicted molar refractivity (Wildman–Crippen MR) is 46.1 cm³/mol. The summed E-state index contributed by atoms with van der Waals surface area (Å²) >= 11 is 0. The Hall–Kier alpha value is -0.210. The largest absolute Gasteiger partial charge is 0.396 e. The molecule has 1 saturated heterocycles. The molecule has 0 aromatic rings. The van der Waals surface area contributed by atoms with E-state index in [1.54, 1.807) is 0 Å². The molecule has 0 atom stereocenters. The zero-order valence-electron chi connectivity index (χ0n) is 7.22. The van der Waals surface area contributed by atoms with E-state index in [-0.39, 0.29) is 12.7 Å². The van der Waals surface area contributed by atoms with Crippen molar-refractivity contribution in [3.05, 3.63) is 0 Å². The summed E-state index contributed by atoms with van der Waals surface area (Å²) in [5.41, 5.74) is 0. The van der Waals surface area contributed by atoms with Crippen LogP contribution in [0.1, 0.15) is 6.42 Å². The Kier molecular flexibility index (Phi) is 3.63. The van der Waals surface area contributed by atoms with E-state index >= 15 is 0 Å². The fourth-order valence-electron chi connectivity index (χ4n) is 1.03. The van der Waals surface area contributed by atoms with Crippen LogP contribution in [0.4, 0.5) is 0 Å². The molecule has 0 unspecified atom stereocenters. The van der Waals surface area contributed by atoms with E-state index in [1.165, 1.54) is 0 Å². The predicted octanol–water partition coefficient (Wildman–Crippen LogP) is -1.73. The van der Waals surface area contributed by atoms with Crippen LogP contribution < -0.4 is 5.14 Å². The number of nitrogens with two attached hydrogens (primary N) is 1. The third-order valence-electron chi connectivity index (χ3n) is 1.83. The van der Waals surface area contributed by atoms with Crippen LogP contribution in [-0.4, -0.2) is 50.2 Å². The number of hydrogen-bond acceptors (Lipinski definition) is 4. The number of nitrogens with zero attached hydrogens (tertiary/aromatic N) is 1. The lowest BCUT2D eigenvalue weighted by Crippen LogP contribution is -2.56. The topological polar surface area (TPSA) is 92.9 Å². The molecule has 0 spiro atoms. The lowest BCUT2D eigenvalue weighted by molar-refractivity contribution is -0.0240. The van der Waals surface area contributed by atoms with Crippen molar-refractivity contribution >= 4 is 10.2 Å². The molecule has 0 aromatic carbocycles. The van der Waals surface area contributed by atoms with Gasteiger partial charge in [0, 0.05) is 26.3 Å². The molecule has 0 bridgehead atoms. The monoisotopic (exact) mass is 210 g/mol. The van der Waals surface area contributed by atoms with Gasteiger partial charge in [-0.15, -0.1) is 0 Å². The number of ether oxygens (including phenoxy) is 1. The lowest BCUT2D eigenvalue weighted by Gasteiger charge is -2.36. The SMILES string of the molecule is NS(=O)(=O)N1CC(OCCCO)C1. The van der Waals surface area contributed by atoms with E-state index in [0.29, 0.717) is 26.1 Å². The van der Waals surface area contributed by atoms with Gasteiger partial charge in [0.2, 0.25) is 0 Å². The molecule has 0 aromatic heterocycles. The molecule has 1 aliphatic heterocycles. The second kappa shape index (κ2) is 4.34. The van der Waals surface area contributed by atoms with E-state index in [0.717, 1.165) is 4.31 Å². The fraction of sp³-hybridized carbons (Fsp3) is 1.00. The van der Waals surface area contributed by atoms with Crippen molar-refractivity contribution in [2.75, 3.05) is 26.3 Å². The molecule has 13 heavy (non-hydrogen) atoms. The molecule has 0 radical (unpaired) electrons. The summed E-state index contributed by atoms with van der Waals surface area (Å²) < 4.78 is 27.8. The minimum atomic E-state index is -3.53. The zero-order valence-corrected chi connectivity index (χ0v) is 8.03. The van der Waals surface area contributed by atoms with E-state index in [1.807, 2.05) is 0 Å². The second-order valence-corrected chi connectivity index (χ2v) is 4.48. The Bertz CT molecular complexity index is 247. The van der Waals surface area contributed by atoms with Crippen molar-refractivity contribution in [3.63, 3.8) is 0 Å². The third-order valence-corrected chi connectivity index (χ3v) is 2.85. The molecule has 1 rings (SSSR count). The maximum absolute atomic E-state index is 10.7. The van der Waals surface area contributed by atoms with Gasteiger partial charge in [-0.25, -0.2) is 5.14 Å². The minimum Gasteiger partial charge on any atom is -0.396 e. The third kappa shape index (κ3) is 3.20. The van der Waals surface area contributed by atoms with Crippen LogP contribution in [0.2, 0.25) is 0 Å². The van der Waals surface area contributed by atoms with E-state index in [9.17, 15) is 8.42 Å². The molecule has 3 N–H and O–H groups in total. The molecule has 7 heteroatoms. The molecular formula is C6H14N2O4S. The summed E-state index contributed by atoms with van der Waals surface area (Å²) in [6.45, 7) is 1.19. The van der Waals surface area contributed by atoms with E-state index in [2.05, 4.69) is 0 Å². The first-order valence-corrected chi connectivity index (χ1v) is 5.54. The van der Waals surface area contributed by atoms with Crippen LogP contribution in [0.25, 0.3) is 0 Å². The van der Waals surface area contributed by atoms with E-state index in [4.69, 9.17) is 15.0 Å². The summed E-state index contributed by atoms with van der Waals surface area (Å²) in [6, 6.07) is 0. The van der Waals surface area contributed by atoms with Crippen LogP contribution in [0.3, 0.4) is 0 Å². The van der Waals surface area contributed by atoms with Crippen LogP contribution in [0, 0.1) is 0 Å². The summed E-state index contributed by atoms with van der Waals surface area (Å²) in [5.74, 6) is 0. The van der Waals surface area contributed by atoms with Crippen LogP contribution >= 0.6 is 0 Å². The average Bonchev–Trinajstić information content (AvgIpc) is 1.91. The first-order chi connectivity index (χ1) is 6.04. The van der Waals surface area contributed by atoms with Gasteiger partial charge in [0.15, 0.2) is 0 Å². The van der Waals surface area contributed by atoms with Gasteiger partial charge in [0.1, 0.15) is 0 Å². The van der Waals surface area contributed by atoms with Crippen LogP contribution in [0.15, 0.2) is 0 Å². The quantitative estimate of drug-likeness (QED) is 0.527. The first kappa shape index (κ1) is 10.9. The highest BCUT2D eigenvalue weighted by molar-refractivity contribution is 7.86. The molecule has 0 saturated carbocycles. The lowest BCUT2D eigenvalue weighted by atomic mass is 10.2. The van der Waals surface area contributed by atoms with Gasteiger partial charge in [-0.2, -0.15) is 12.7 Å². The summed E-state index contributed by atoms with van der Waals surface area (Å²) in [7, 11) is -3.53. The number of aliphatic hydroxyl groups excluding tert-OH is 1. The second-order valence-electron chi connectivity index (χ2n) is 2.93. The van der Waals surface area contributed by atoms with Gasteiger partial charge in [-0.1, -0.05) is 0 Å². The Morgan fingerprint density at radius 2 is 2.15 bits per heavy atom. The highest BCUT2D eigenvalue weighted by Gasteiger charge is 2.34. The van der Waals surface area contributed by atoms with Gasteiger partial charge in [-0.3, -0.25) is 0 Å². The standard InChI is InChI=1S/C6H14N2O4S/c7-13(10,11)8-4-6(5-8)12-3-1-2-9/h6,9H,1-5H2,(H2,7,10,11). The molecule has 6 nitrogen and oxygen atoms in total. The normalized spacial score (nSPS) is 20.2. The minimum absolute atomic E-state index is 0.0649. The maximum atomic E-state index is 10.7. The van der Waals surface area contributed by atoms with Crippen molar-refractivity contribution in [1.29, 1.82) is 0 Å². The van der Waals surface area contributed by atoms with E-state index < -0.39 is 10.2 Å². The first-order valence-electron chi connectivity index (χ1n) is 4.04. The van der Waals surface area contributed by atoms with Crippen molar-refractivity contribution in [2.45, 2.75) is 12.5 Å². The Morgan fingerprint density at radius 1 is 1.54 bits per heavy atom. The molecular weight excluding hydrogens is 196 g/mol. The van der Waals surface area contributed by atoms with Crippen molar-refractivity contribution in [3.8, 4) is 0 Å². The maximum Gasteiger partial charge on any atom is 0.277 e.